The van der Waals surface area contributed by atoms with E-state index in [0.717, 1.165) is 40.8 Å². The molecule has 3 rings (SSSR count). The van der Waals surface area contributed by atoms with Gasteiger partial charge >= 0.3 is 0 Å². The molecule has 0 fully saturated rings. The Bertz CT molecular complexity index is 1080. The van der Waals surface area contributed by atoms with Crippen LogP contribution >= 0.6 is 0 Å². The lowest BCUT2D eigenvalue weighted by Crippen LogP contribution is -2.38. The molecule has 0 amide bonds. The van der Waals surface area contributed by atoms with Crippen LogP contribution in [-0.2, 0) is 26.5 Å². The van der Waals surface area contributed by atoms with Crippen LogP contribution in [0.25, 0.3) is 0 Å². The van der Waals surface area contributed by atoms with E-state index in [9.17, 15) is 21.2 Å². The zero-order chi connectivity index (χ0) is 20.5. The highest BCUT2D eigenvalue weighted by atomic mass is 32.2. The summed E-state index contributed by atoms with van der Waals surface area (Å²) >= 11 is 0. The maximum absolute atomic E-state index is 13.5. The number of halogens is 1. The summed E-state index contributed by atoms with van der Waals surface area (Å²) in [5, 5.41) is 0. The molecule has 0 radical (unpaired) electrons. The summed E-state index contributed by atoms with van der Waals surface area (Å²) < 4.78 is 66.7. The Morgan fingerprint density at radius 3 is 2.46 bits per heavy atom. The molecule has 28 heavy (non-hydrogen) atoms. The molecule has 0 bridgehead atoms. The van der Waals surface area contributed by atoms with Gasteiger partial charge in [-0.25, -0.2) is 17.5 Å². The normalized spacial score (nSPS) is 17.5. The van der Waals surface area contributed by atoms with E-state index in [1.807, 2.05) is 0 Å². The van der Waals surface area contributed by atoms with Crippen LogP contribution in [0.4, 0.5) is 4.39 Å². The van der Waals surface area contributed by atoms with E-state index in [0.29, 0.717) is 0 Å². The number of hydrogen-bond acceptors (Lipinski definition) is 4. The molecule has 0 heterocycles. The third-order valence-corrected chi connectivity index (χ3v) is 8.20. The quantitative estimate of drug-likeness (QED) is 0.769. The number of sulfone groups is 1. The number of fused-ring (bicyclic) bond motifs is 1. The van der Waals surface area contributed by atoms with Gasteiger partial charge in [0.05, 0.1) is 9.79 Å². The summed E-state index contributed by atoms with van der Waals surface area (Å²) in [5.41, 5.74) is 1.84. The Morgan fingerprint density at radius 2 is 1.79 bits per heavy atom. The number of aryl methyl sites for hydroxylation is 1. The minimum atomic E-state index is -3.82. The molecule has 1 atom stereocenters. The van der Waals surface area contributed by atoms with E-state index >= 15 is 0 Å². The summed E-state index contributed by atoms with van der Waals surface area (Å²) in [6.45, 7) is 0.253. The minimum absolute atomic E-state index is 0.0237. The molecule has 0 aliphatic heterocycles. The van der Waals surface area contributed by atoms with E-state index in [4.69, 9.17) is 0 Å². The maximum Gasteiger partial charge on any atom is 0.278 e. The first kappa shape index (κ1) is 20.9. The van der Waals surface area contributed by atoms with Crippen molar-refractivity contribution in [1.82, 2.24) is 9.03 Å². The summed E-state index contributed by atoms with van der Waals surface area (Å²) in [7, 11) is -4.42. The van der Waals surface area contributed by atoms with Crippen LogP contribution in [0.15, 0.2) is 52.3 Å². The minimum Gasteiger partial charge on any atom is -0.219 e. The number of hydrogen-bond donors (Lipinski definition) is 1. The van der Waals surface area contributed by atoms with E-state index < -0.39 is 25.9 Å². The van der Waals surface area contributed by atoms with Crippen LogP contribution in [0.5, 0.6) is 0 Å². The van der Waals surface area contributed by atoms with E-state index in [2.05, 4.69) is 4.72 Å². The van der Waals surface area contributed by atoms with Crippen LogP contribution in [0, 0.1) is 5.82 Å². The molecule has 2 aromatic rings. The molecule has 6 nitrogen and oxygen atoms in total. The number of nitrogens with one attached hydrogen (secondary N) is 1. The number of benzene rings is 2. The lowest BCUT2D eigenvalue weighted by molar-refractivity contribution is 0.487. The molecule has 2 aromatic carbocycles. The lowest BCUT2D eigenvalue weighted by atomic mass is 9.83. The molecule has 9 heteroatoms. The second-order valence-corrected chi connectivity index (χ2v) is 11.0. The summed E-state index contributed by atoms with van der Waals surface area (Å²) in [5.74, 6) is -0.628. The van der Waals surface area contributed by atoms with Crippen molar-refractivity contribution in [2.24, 2.45) is 0 Å². The predicted octanol–water partition coefficient (Wildman–Crippen LogP) is 2.47. The van der Waals surface area contributed by atoms with Crippen molar-refractivity contribution in [3.05, 3.63) is 59.4 Å². The predicted molar refractivity (Wildman–Crippen MR) is 105 cm³/mol. The molecule has 0 aromatic heterocycles. The van der Waals surface area contributed by atoms with Crippen molar-refractivity contribution in [3.8, 4) is 0 Å². The Morgan fingerprint density at radius 1 is 1.07 bits per heavy atom. The molecule has 152 valence electrons. The molecule has 0 saturated heterocycles. The number of nitrogens with zero attached hydrogens (tertiary/aromatic N) is 1. The second kappa shape index (κ2) is 7.90. The van der Waals surface area contributed by atoms with E-state index in [-0.39, 0.29) is 22.3 Å². The SMILES string of the molecule is CN(C)S(=O)(=O)NCC1CCCc2cc(S(=O)(=O)c3cccc(F)c3)ccc21. The van der Waals surface area contributed by atoms with Crippen LogP contribution in [-0.4, -0.2) is 41.8 Å². The molecule has 1 aliphatic rings. The van der Waals surface area contributed by atoms with Crippen LogP contribution < -0.4 is 4.72 Å². The van der Waals surface area contributed by atoms with Gasteiger partial charge in [-0.15, -0.1) is 0 Å². The van der Waals surface area contributed by atoms with Crippen molar-refractivity contribution in [2.45, 2.75) is 35.0 Å². The van der Waals surface area contributed by atoms with Crippen molar-refractivity contribution < 1.29 is 21.2 Å². The summed E-state index contributed by atoms with van der Waals surface area (Å²) in [6.07, 6.45) is 2.38. The zero-order valence-corrected chi connectivity index (χ0v) is 17.4. The van der Waals surface area contributed by atoms with Gasteiger partial charge in [0.15, 0.2) is 0 Å². The zero-order valence-electron chi connectivity index (χ0n) is 15.7. The highest BCUT2D eigenvalue weighted by Gasteiger charge is 2.26. The van der Waals surface area contributed by atoms with Crippen LogP contribution in [0.1, 0.15) is 29.9 Å². The van der Waals surface area contributed by atoms with Gasteiger partial charge in [0, 0.05) is 20.6 Å². The van der Waals surface area contributed by atoms with Gasteiger partial charge in [-0.3, -0.25) is 0 Å². The first-order valence-electron chi connectivity index (χ1n) is 8.92. The van der Waals surface area contributed by atoms with Gasteiger partial charge in [0.1, 0.15) is 5.82 Å². The topological polar surface area (TPSA) is 83.6 Å². The van der Waals surface area contributed by atoms with Crippen LogP contribution in [0.2, 0.25) is 0 Å². The van der Waals surface area contributed by atoms with Gasteiger partial charge < -0.3 is 0 Å². The molecule has 1 N–H and O–H groups in total. The highest BCUT2D eigenvalue weighted by Crippen LogP contribution is 2.34. The average molecular weight is 427 g/mol. The molecule has 0 spiro atoms. The fourth-order valence-corrected chi connectivity index (χ4v) is 5.39. The van der Waals surface area contributed by atoms with Crippen molar-refractivity contribution >= 4 is 20.0 Å². The fourth-order valence-electron chi connectivity index (χ4n) is 3.38. The second-order valence-electron chi connectivity index (χ2n) is 7.05. The Labute approximate surface area is 165 Å². The monoisotopic (exact) mass is 426 g/mol. The summed E-state index contributed by atoms with van der Waals surface area (Å²) in [4.78, 5) is 0.0323. The molecule has 1 aliphatic carbocycles. The van der Waals surface area contributed by atoms with E-state index in [1.54, 1.807) is 12.1 Å². The van der Waals surface area contributed by atoms with Gasteiger partial charge in [-0.05, 0) is 66.6 Å². The van der Waals surface area contributed by atoms with Crippen LogP contribution in [0.3, 0.4) is 0 Å². The van der Waals surface area contributed by atoms with Gasteiger partial charge in [-0.1, -0.05) is 12.1 Å². The fraction of sp³-hybridized carbons (Fsp3) is 0.368. The Kier molecular flexibility index (Phi) is 5.90. The first-order valence-corrected chi connectivity index (χ1v) is 11.8. The third kappa shape index (κ3) is 4.27. The Balaban J connectivity index is 1.89. The van der Waals surface area contributed by atoms with Crippen molar-refractivity contribution in [1.29, 1.82) is 0 Å². The standard InChI is InChI=1S/C19H23FN2O4S2/c1-22(2)28(25,26)21-13-15-6-3-5-14-11-18(9-10-19(14)15)27(23,24)17-8-4-7-16(20)12-17/h4,7-12,15,21H,3,5-6,13H2,1-2H3. The van der Waals surface area contributed by atoms with E-state index in [1.165, 1.54) is 38.4 Å². The van der Waals surface area contributed by atoms with Gasteiger partial charge in [0.25, 0.3) is 10.2 Å². The molecule has 1 unspecified atom stereocenters. The maximum atomic E-state index is 13.5. The third-order valence-electron chi connectivity index (χ3n) is 4.96. The average Bonchev–Trinajstić information content (AvgIpc) is 2.65. The smallest absolute Gasteiger partial charge is 0.219 e. The largest absolute Gasteiger partial charge is 0.278 e. The summed E-state index contributed by atoms with van der Waals surface area (Å²) in [6, 6.07) is 9.83. The van der Waals surface area contributed by atoms with Gasteiger partial charge in [0.2, 0.25) is 9.84 Å². The van der Waals surface area contributed by atoms with Crippen molar-refractivity contribution in [3.63, 3.8) is 0 Å². The number of rotatable bonds is 6. The van der Waals surface area contributed by atoms with Gasteiger partial charge in [-0.2, -0.15) is 12.7 Å². The molecular weight excluding hydrogens is 403 g/mol. The van der Waals surface area contributed by atoms with Crippen molar-refractivity contribution in [2.75, 3.05) is 20.6 Å². The Hall–Kier alpha value is -1.81. The molecular formula is C19H23FN2O4S2. The first-order chi connectivity index (χ1) is 13.1. The lowest BCUT2D eigenvalue weighted by Gasteiger charge is -2.27. The molecule has 0 saturated carbocycles. The highest BCUT2D eigenvalue weighted by molar-refractivity contribution is 7.91.